The van der Waals surface area contributed by atoms with Gasteiger partial charge in [-0.15, -0.1) is 0 Å². The van der Waals surface area contributed by atoms with Crippen LogP contribution in [0.4, 0.5) is 0 Å². The number of hydrogen-bond acceptors (Lipinski definition) is 3. The zero-order valence-corrected chi connectivity index (χ0v) is 17.4. The van der Waals surface area contributed by atoms with Crippen molar-refractivity contribution in [2.24, 2.45) is 5.73 Å². The third-order valence-corrected chi connectivity index (χ3v) is 6.08. The fourth-order valence-electron chi connectivity index (χ4n) is 4.00. The van der Waals surface area contributed by atoms with Crippen LogP contribution in [-0.2, 0) is 11.3 Å². The van der Waals surface area contributed by atoms with Gasteiger partial charge in [-0.1, -0.05) is 54.2 Å². The Bertz CT molecular complexity index is 1020. The third-order valence-electron chi connectivity index (χ3n) is 5.42. The summed E-state index contributed by atoms with van der Waals surface area (Å²) in [6.07, 6.45) is 4.21. The summed E-state index contributed by atoms with van der Waals surface area (Å²) in [4.78, 5) is 0.407. The Balaban J connectivity index is 1.93. The number of ether oxygens (including phenoxy) is 1. The molecule has 0 aliphatic carbocycles. The lowest BCUT2D eigenvalue weighted by molar-refractivity contribution is 0.0707. The Kier molecular flexibility index (Phi) is 5.69. The highest BCUT2D eigenvalue weighted by Crippen LogP contribution is 2.39. The minimum Gasteiger partial charge on any atom is -0.389 e. The first-order valence-electron chi connectivity index (χ1n) is 9.54. The molecule has 4 rings (SSSR count). The number of fused-ring (bicyclic) bond motifs is 1. The topological polar surface area (TPSA) is 52.2 Å². The van der Waals surface area contributed by atoms with E-state index in [1.165, 1.54) is 0 Å². The summed E-state index contributed by atoms with van der Waals surface area (Å²) in [5, 5.41) is 5.17. The van der Waals surface area contributed by atoms with Crippen LogP contribution in [0.15, 0.2) is 42.6 Å². The highest BCUT2D eigenvalue weighted by atomic mass is 35.5. The van der Waals surface area contributed by atoms with Crippen LogP contribution >= 0.6 is 23.8 Å². The smallest absolute Gasteiger partial charge is 0.104 e. The second-order valence-corrected chi connectivity index (χ2v) is 8.02. The van der Waals surface area contributed by atoms with Gasteiger partial charge in [0.15, 0.2) is 0 Å². The highest BCUT2D eigenvalue weighted by molar-refractivity contribution is 7.80. The van der Waals surface area contributed by atoms with E-state index in [1.807, 2.05) is 19.2 Å². The average Bonchev–Trinajstić information content (AvgIpc) is 3.11. The minimum atomic E-state index is 0.381. The van der Waals surface area contributed by atoms with Crippen molar-refractivity contribution in [2.75, 3.05) is 20.3 Å². The Labute approximate surface area is 175 Å². The van der Waals surface area contributed by atoms with E-state index in [1.54, 1.807) is 0 Å². The summed E-state index contributed by atoms with van der Waals surface area (Å²) in [6, 6.07) is 12.8. The molecule has 1 aliphatic rings. The van der Waals surface area contributed by atoms with Crippen molar-refractivity contribution in [3.05, 3.63) is 58.7 Å². The van der Waals surface area contributed by atoms with E-state index >= 15 is 0 Å². The Hall–Kier alpha value is -1.92. The number of nitrogens with one attached hydrogen (secondary N) is 1. The molecule has 0 spiro atoms. The second kappa shape index (κ2) is 8.21. The first-order valence-corrected chi connectivity index (χ1v) is 10.3. The molecular weight excluding hydrogens is 390 g/mol. The van der Waals surface area contributed by atoms with Gasteiger partial charge in [0.1, 0.15) is 4.99 Å². The van der Waals surface area contributed by atoms with E-state index in [0.717, 1.165) is 70.8 Å². The molecular formula is C22H24ClN3OS. The molecule has 1 aromatic heterocycles. The molecule has 2 heterocycles. The first-order chi connectivity index (χ1) is 13.6. The lowest BCUT2D eigenvalue weighted by atomic mass is 10.0. The van der Waals surface area contributed by atoms with Crippen LogP contribution in [0, 0.1) is 0 Å². The number of nitrogens with two attached hydrogens (primary N) is 1. The Morgan fingerprint density at radius 1 is 1.29 bits per heavy atom. The molecule has 0 saturated carbocycles. The van der Waals surface area contributed by atoms with Gasteiger partial charge >= 0.3 is 0 Å². The first kappa shape index (κ1) is 19.4. The van der Waals surface area contributed by atoms with Gasteiger partial charge in [-0.3, -0.25) is 0 Å². The van der Waals surface area contributed by atoms with Gasteiger partial charge < -0.3 is 20.4 Å². The zero-order chi connectivity index (χ0) is 19.7. The standard InChI is InChI=1S/C22H24ClN3OS/c1-25-12-16-5-6-18-19(14-3-2-4-15(11-14)22(24)28)13-26(21(18)20(16)23)17-7-9-27-10-8-17/h2-6,11,13,17,25H,7-10,12H2,1H3,(H2,24,28). The molecule has 2 aromatic carbocycles. The maximum atomic E-state index is 6.89. The van der Waals surface area contributed by atoms with E-state index < -0.39 is 0 Å². The van der Waals surface area contributed by atoms with E-state index in [0.29, 0.717) is 11.0 Å². The molecule has 1 aliphatic heterocycles. The number of benzene rings is 2. The number of halogens is 1. The van der Waals surface area contributed by atoms with Crippen molar-refractivity contribution in [1.82, 2.24) is 9.88 Å². The monoisotopic (exact) mass is 413 g/mol. The Morgan fingerprint density at radius 2 is 2.07 bits per heavy atom. The molecule has 0 atom stereocenters. The lowest BCUT2D eigenvalue weighted by Gasteiger charge is -2.25. The van der Waals surface area contributed by atoms with Crippen molar-refractivity contribution < 1.29 is 4.74 Å². The number of aromatic nitrogens is 1. The maximum Gasteiger partial charge on any atom is 0.104 e. The average molecular weight is 414 g/mol. The fraction of sp³-hybridized carbons (Fsp3) is 0.318. The second-order valence-electron chi connectivity index (χ2n) is 7.20. The summed E-state index contributed by atoms with van der Waals surface area (Å²) in [7, 11) is 1.94. The molecule has 28 heavy (non-hydrogen) atoms. The van der Waals surface area contributed by atoms with Crippen molar-refractivity contribution in [3.8, 4) is 11.1 Å². The van der Waals surface area contributed by atoms with Crippen LogP contribution in [0.25, 0.3) is 22.0 Å². The van der Waals surface area contributed by atoms with Crippen LogP contribution in [0.1, 0.15) is 30.0 Å². The molecule has 0 unspecified atom stereocenters. The molecule has 4 nitrogen and oxygen atoms in total. The van der Waals surface area contributed by atoms with Gasteiger partial charge in [-0.05, 0) is 37.1 Å². The fourth-order valence-corrected chi connectivity index (χ4v) is 4.45. The van der Waals surface area contributed by atoms with Crippen LogP contribution in [0.2, 0.25) is 5.02 Å². The summed E-state index contributed by atoms with van der Waals surface area (Å²) >= 11 is 12.1. The van der Waals surface area contributed by atoms with Gasteiger partial charge in [0, 0.05) is 48.5 Å². The van der Waals surface area contributed by atoms with Crippen molar-refractivity contribution in [2.45, 2.75) is 25.4 Å². The Morgan fingerprint density at radius 3 is 2.79 bits per heavy atom. The lowest BCUT2D eigenvalue weighted by Crippen LogP contribution is -2.19. The van der Waals surface area contributed by atoms with Crippen LogP contribution < -0.4 is 11.1 Å². The highest BCUT2D eigenvalue weighted by Gasteiger charge is 2.22. The van der Waals surface area contributed by atoms with Crippen LogP contribution in [0.5, 0.6) is 0 Å². The van der Waals surface area contributed by atoms with Gasteiger partial charge in [0.2, 0.25) is 0 Å². The van der Waals surface area contributed by atoms with Gasteiger partial charge in [-0.2, -0.15) is 0 Å². The molecule has 1 saturated heterocycles. The largest absolute Gasteiger partial charge is 0.389 e. The molecule has 0 amide bonds. The summed E-state index contributed by atoms with van der Waals surface area (Å²) in [6.45, 7) is 2.30. The number of rotatable bonds is 5. The number of hydrogen-bond donors (Lipinski definition) is 2. The molecule has 6 heteroatoms. The predicted molar refractivity (Wildman–Crippen MR) is 120 cm³/mol. The number of nitrogens with zero attached hydrogens (tertiary/aromatic N) is 1. The van der Waals surface area contributed by atoms with E-state index in [9.17, 15) is 0 Å². The predicted octanol–water partition coefficient (Wildman–Crippen LogP) is 4.67. The molecule has 146 valence electrons. The molecule has 0 radical (unpaired) electrons. The van der Waals surface area contributed by atoms with Gasteiger partial charge in [0.05, 0.1) is 10.5 Å². The quantitative estimate of drug-likeness (QED) is 0.597. The summed E-state index contributed by atoms with van der Waals surface area (Å²) in [5.41, 5.74) is 11.2. The molecule has 0 bridgehead atoms. The maximum absolute atomic E-state index is 6.89. The van der Waals surface area contributed by atoms with Crippen LogP contribution in [-0.4, -0.2) is 29.8 Å². The van der Waals surface area contributed by atoms with Crippen molar-refractivity contribution >= 4 is 39.7 Å². The zero-order valence-electron chi connectivity index (χ0n) is 15.9. The van der Waals surface area contributed by atoms with Gasteiger partial charge in [0.25, 0.3) is 0 Å². The third kappa shape index (κ3) is 3.55. The molecule has 1 fully saturated rings. The van der Waals surface area contributed by atoms with E-state index in [4.69, 9.17) is 34.3 Å². The molecule has 3 aromatic rings. The van der Waals surface area contributed by atoms with Crippen molar-refractivity contribution in [1.29, 1.82) is 0 Å². The summed E-state index contributed by atoms with van der Waals surface area (Å²) < 4.78 is 7.92. The summed E-state index contributed by atoms with van der Waals surface area (Å²) in [5.74, 6) is 0. The van der Waals surface area contributed by atoms with Crippen molar-refractivity contribution in [3.63, 3.8) is 0 Å². The SMILES string of the molecule is CNCc1ccc2c(-c3cccc(C(N)=S)c3)cn(C3CCOCC3)c2c1Cl. The van der Waals surface area contributed by atoms with Gasteiger partial charge in [-0.25, -0.2) is 0 Å². The van der Waals surface area contributed by atoms with E-state index in [-0.39, 0.29) is 0 Å². The van der Waals surface area contributed by atoms with E-state index in [2.05, 4.69) is 40.3 Å². The molecule has 3 N–H and O–H groups in total. The minimum absolute atomic E-state index is 0.381. The van der Waals surface area contributed by atoms with Crippen LogP contribution in [0.3, 0.4) is 0 Å². The normalized spacial score (nSPS) is 15.2. The number of thiocarbonyl (C=S) groups is 1.